The summed E-state index contributed by atoms with van der Waals surface area (Å²) in [6.07, 6.45) is 0. The second-order valence-electron chi connectivity index (χ2n) is 6.37. The highest BCUT2D eigenvalue weighted by Crippen LogP contribution is 2.26. The molecule has 1 aliphatic heterocycles. The van der Waals surface area contributed by atoms with Crippen LogP contribution in [0.1, 0.15) is 5.56 Å². The molecule has 0 radical (unpaired) electrons. The van der Waals surface area contributed by atoms with Crippen molar-refractivity contribution in [2.75, 3.05) is 36.0 Å². The lowest BCUT2D eigenvalue weighted by atomic mass is 10.1. The quantitative estimate of drug-likeness (QED) is 0.661. The van der Waals surface area contributed by atoms with Crippen molar-refractivity contribution in [1.29, 1.82) is 0 Å². The number of anilines is 2. The molecule has 2 nitrogen and oxygen atoms in total. The minimum atomic E-state index is 1.08. The van der Waals surface area contributed by atoms with E-state index in [0.29, 0.717) is 0 Å². The molecule has 1 aliphatic rings. The Hall–Kier alpha value is -2.26. The van der Waals surface area contributed by atoms with Crippen molar-refractivity contribution in [1.82, 2.24) is 0 Å². The number of thiophene rings is 1. The minimum absolute atomic E-state index is 1.08. The Morgan fingerprint density at radius 1 is 0.667 bits per heavy atom. The SMILES string of the molecule is Cc1ccc(N2CCN(c3ccc(-c4ccsc4)cc3)CC2)cc1. The van der Waals surface area contributed by atoms with Crippen molar-refractivity contribution in [3.8, 4) is 11.1 Å². The van der Waals surface area contributed by atoms with E-state index in [1.54, 1.807) is 11.3 Å². The van der Waals surface area contributed by atoms with Gasteiger partial charge < -0.3 is 9.80 Å². The van der Waals surface area contributed by atoms with Crippen LogP contribution in [-0.2, 0) is 0 Å². The molecule has 2 heterocycles. The van der Waals surface area contributed by atoms with Crippen LogP contribution in [-0.4, -0.2) is 26.2 Å². The van der Waals surface area contributed by atoms with Gasteiger partial charge in [-0.2, -0.15) is 11.3 Å². The van der Waals surface area contributed by atoms with Gasteiger partial charge in [-0.25, -0.2) is 0 Å². The van der Waals surface area contributed by atoms with Crippen molar-refractivity contribution in [3.63, 3.8) is 0 Å². The van der Waals surface area contributed by atoms with Crippen LogP contribution in [0.25, 0.3) is 11.1 Å². The lowest BCUT2D eigenvalue weighted by Gasteiger charge is -2.37. The van der Waals surface area contributed by atoms with Gasteiger partial charge in [-0.1, -0.05) is 29.8 Å². The molecule has 3 aromatic rings. The molecule has 1 fully saturated rings. The van der Waals surface area contributed by atoms with Crippen LogP contribution in [0.4, 0.5) is 11.4 Å². The maximum Gasteiger partial charge on any atom is 0.0367 e. The number of hydrogen-bond donors (Lipinski definition) is 0. The van der Waals surface area contributed by atoms with Gasteiger partial charge in [0.05, 0.1) is 0 Å². The summed E-state index contributed by atoms with van der Waals surface area (Å²) in [5.74, 6) is 0. The molecule has 0 atom stereocenters. The Morgan fingerprint density at radius 2 is 1.21 bits per heavy atom. The fourth-order valence-corrected chi connectivity index (χ4v) is 3.94. The topological polar surface area (TPSA) is 6.48 Å². The van der Waals surface area contributed by atoms with Gasteiger partial charge in [0.25, 0.3) is 0 Å². The molecule has 0 unspecified atom stereocenters. The molecule has 0 saturated carbocycles. The average molecular weight is 334 g/mol. The van der Waals surface area contributed by atoms with E-state index in [0.717, 1.165) is 26.2 Å². The van der Waals surface area contributed by atoms with Crippen LogP contribution < -0.4 is 9.80 Å². The van der Waals surface area contributed by atoms with E-state index in [4.69, 9.17) is 0 Å². The van der Waals surface area contributed by atoms with Gasteiger partial charge >= 0.3 is 0 Å². The molecule has 4 rings (SSSR count). The summed E-state index contributed by atoms with van der Waals surface area (Å²) < 4.78 is 0. The van der Waals surface area contributed by atoms with Gasteiger partial charge in [-0.15, -0.1) is 0 Å². The van der Waals surface area contributed by atoms with Gasteiger partial charge in [0, 0.05) is 37.6 Å². The molecule has 0 aliphatic carbocycles. The Labute approximate surface area is 148 Å². The molecule has 0 spiro atoms. The predicted octanol–water partition coefficient (Wildman–Crippen LogP) is 5.05. The van der Waals surface area contributed by atoms with Crippen molar-refractivity contribution < 1.29 is 0 Å². The summed E-state index contributed by atoms with van der Waals surface area (Å²) in [6, 6.07) is 20.0. The molecule has 24 heavy (non-hydrogen) atoms. The van der Waals surface area contributed by atoms with E-state index in [1.807, 2.05) is 0 Å². The summed E-state index contributed by atoms with van der Waals surface area (Å²) in [5, 5.41) is 4.34. The van der Waals surface area contributed by atoms with Crippen molar-refractivity contribution >= 4 is 22.7 Å². The van der Waals surface area contributed by atoms with Crippen molar-refractivity contribution in [2.24, 2.45) is 0 Å². The molecule has 2 aromatic carbocycles. The molecule has 1 saturated heterocycles. The van der Waals surface area contributed by atoms with E-state index >= 15 is 0 Å². The molecule has 122 valence electrons. The highest BCUT2D eigenvalue weighted by atomic mass is 32.1. The molecule has 0 bridgehead atoms. The smallest absolute Gasteiger partial charge is 0.0367 e. The first-order valence-electron chi connectivity index (χ1n) is 8.49. The second-order valence-corrected chi connectivity index (χ2v) is 7.15. The monoisotopic (exact) mass is 334 g/mol. The van der Waals surface area contributed by atoms with E-state index in [-0.39, 0.29) is 0 Å². The summed E-state index contributed by atoms with van der Waals surface area (Å²) in [4.78, 5) is 4.97. The maximum absolute atomic E-state index is 2.49. The van der Waals surface area contributed by atoms with Crippen LogP contribution >= 0.6 is 11.3 Å². The van der Waals surface area contributed by atoms with Crippen LogP contribution in [0.3, 0.4) is 0 Å². The number of nitrogens with zero attached hydrogens (tertiary/aromatic N) is 2. The van der Waals surface area contributed by atoms with E-state index in [2.05, 4.69) is 82.1 Å². The maximum atomic E-state index is 2.49. The molecular weight excluding hydrogens is 312 g/mol. The second kappa shape index (κ2) is 6.70. The Morgan fingerprint density at radius 3 is 1.71 bits per heavy atom. The van der Waals surface area contributed by atoms with Crippen LogP contribution in [0, 0.1) is 6.92 Å². The average Bonchev–Trinajstić information content (AvgIpc) is 3.17. The Balaban J connectivity index is 1.41. The summed E-state index contributed by atoms with van der Waals surface area (Å²) in [6.45, 7) is 6.45. The van der Waals surface area contributed by atoms with Gasteiger partial charge in [-0.05, 0) is 59.1 Å². The zero-order valence-corrected chi connectivity index (χ0v) is 14.8. The summed E-state index contributed by atoms with van der Waals surface area (Å²) in [5.41, 5.74) is 6.61. The fourth-order valence-electron chi connectivity index (χ4n) is 3.27. The third kappa shape index (κ3) is 3.17. The fraction of sp³-hybridized carbons (Fsp3) is 0.238. The highest BCUT2D eigenvalue weighted by molar-refractivity contribution is 7.08. The van der Waals surface area contributed by atoms with E-state index in [1.165, 1.54) is 28.1 Å². The van der Waals surface area contributed by atoms with Crippen molar-refractivity contribution in [3.05, 3.63) is 70.9 Å². The standard InChI is InChI=1S/C21H22N2S/c1-17-2-6-20(7-3-17)22-11-13-23(14-12-22)21-8-4-18(5-9-21)19-10-15-24-16-19/h2-10,15-16H,11-14H2,1H3. The first-order valence-corrected chi connectivity index (χ1v) is 9.43. The molecule has 0 amide bonds. The van der Waals surface area contributed by atoms with E-state index in [9.17, 15) is 0 Å². The minimum Gasteiger partial charge on any atom is -0.368 e. The highest BCUT2D eigenvalue weighted by Gasteiger charge is 2.17. The Kier molecular flexibility index (Phi) is 4.26. The zero-order valence-electron chi connectivity index (χ0n) is 14.0. The third-order valence-corrected chi connectivity index (χ3v) is 5.45. The number of piperazine rings is 1. The zero-order chi connectivity index (χ0) is 16.4. The summed E-state index contributed by atoms with van der Waals surface area (Å²) >= 11 is 1.75. The summed E-state index contributed by atoms with van der Waals surface area (Å²) in [7, 11) is 0. The lowest BCUT2D eigenvalue weighted by molar-refractivity contribution is 0.653. The van der Waals surface area contributed by atoms with Crippen LogP contribution in [0.15, 0.2) is 65.4 Å². The van der Waals surface area contributed by atoms with Gasteiger partial charge in [-0.3, -0.25) is 0 Å². The number of aryl methyl sites for hydroxylation is 1. The van der Waals surface area contributed by atoms with Crippen LogP contribution in [0.5, 0.6) is 0 Å². The van der Waals surface area contributed by atoms with E-state index < -0.39 is 0 Å². The normalized spacial score (nSPS) is 14.9. The van der Waals surface area contributed by atoms with Crippen LogP contribution in [0.2, 0.25) is 0 Å². The molecule has 0 N–H and O–H groups in total. The molecule has 3 heteroatoms. The number of benzene rings is 2. The van der Waals surface area contributed by atoms with Gasteiger partial charge in [0.1, 0.15) is 0 Å². The Bertz CT molecular complexity index is 768. The largest absolute Gasteiger partial charge is 0.368 e. The molecular formula is C21H22N2S. The van der Waals surface area contributed by atoms with Gasteiger partial charge in [0.2, 0.25) is 0 Å². The number of hydrogen-bond acceptors (Lipinski definition) is 3. The van der Waals surface area contributed by atoms with Crippen molar-refractivity contribution in [2.45, 2.75) is 6.92 Å². The lowest BCUT2D eigenvalue weighted by Crippen LogP contribution is -2.46. The predicted molar refractivity (Wildman–Crippen MR) is 105 cm³/mol. The first-order chi connectivity index (χ1) is 11.8. The number of rotatable bonds is 3. The first kappa shape index (κ1) is 15.3. The van der Waals surface area contributed by atoms with Gasteiger partial charge in [0.15, 0.2) is 0 Å². The third-order valence-electron chi connectivity index (χ3n) is 4.77. The molecule has 1 aromatic heterocycles.